The van der Waals surface area contributed by atoms with Crippen molar-refractivity contribution in [1.82, 2.24) is 10.2 Å². The standard InChI is InChI=1S/C16H26FN5O/c1-23-13-7-20-16(18)19-6-8-21-9-11-22(12-10-21)15-4-2-14(17)3-5-15/h2-5H,6-13H2,1H3,(H3,18,19,20). The average Bonchev–Trinajstić information content (AvgIpc) is 2.57. The number of rotatable bonds is 7. The Labute approximate surface area is 137 Å². The van der Waals surface area contributed by atoms with Crippen LogP contribution in [0.15, 0.2) is 29.3 Å². The van der Waals surface area contributed by atoms with Crippen LogP contribution in [-0.4, -0.2) is 70.4 Å². The van der Waals surface area contributed by atoms with E-state index in [1.165, 1.54) is 12.1 Å². The van der Waals surface area contributed by atoms with Crippen LogP contribution in [0.4, 0.5) is 10.1 Å². The van der Waals surface area contributed by atoms with E-state index in [1.807, 2.05) is 12.1 Å². The second kappa shape index (κ2) is 9.32. The maximum atomic E-state index is 13.0. The molecule has 0 radical (unpaired) electrons. The summed E-state index contributed by atoms with van der Waals surface area (Å²) in [6.07, 6.45) is 0. The number of nitrogens with one attached hydrogen (secondary N) is 1. The molecule has 6 nitrogen and oxygen atoms in total. The van der Waals surface area contributed by atoms with Crippen molar-refractivity contribution in [3.63, 3.8) is 0 Å². The SMILES string of the molecule is COCCNC(N)=NCCN1CCN(c2ccc(F)cc2)CC1. The number of anilines is 1. The number of guanidine groups is 1. The lowest BCUT2D eigenvalue weighted by molar-refractivity contribution is 0.204. The van der Waals surface area contributed by atoms with Crippen LogP contribution in [0.1, 0.15) is 0 Å². The van der Waals surface area contributed by atoms with E-state index in [1.54, 1.807) is 7.11 Å². The third-order valence-electron chi connectivity index (χ3n) is 3.87. The predicted molar refractivity (Wildman–Crippen MR) is 91.4 cm³/mol. The van der Waals surface area contributed by atoms with Gasteiger partial charge in [-0.25, -0.2) is 4.39 Å². The minimum atomic E-state index is -0.193. The molecule has 0 bridgehead atoms. The quantitative estimate of drug-likeness (QED) is 0.434. The molecule has 3 N–H and O–H groups in total. The Morgan fingerprint density at radius 3 is 2.61 bits per heavy atom. The first-order valence-corrected chi connectivity index (χ1v) is 7.94. The highest BCUT2D eigenvalue weighted by atomic mass is 19.1. The Morgan fingerprint density at radius 1 is 1.26 bits per heavy atom. The molecule has 0 aliphatic carbocycles. The fraction of sp³-hybridized carbons (Fsp3) is 0.562. The molecule has 1 aromatic rings. The lowest BCUT2D eigenvalue weighted by Gasteiger charge is -2.35. The summed E-state index contributed by atoms with van der Waals surface area (Å²) in [6, 6.07) is 6.69. The zero-order chi connectivity index (χ0) is 16.5. The lowest BCUT2D eigenvalue weighted by Crippen LogP contribution is -2.47. The summed E-state index contributed by atoms with van der Waals surface area (Å²) >= 11 is 0. The zero-order valence-electron chi connectivity index (χ0n) is 13.7. The third kappa shape index (κ3) is 6.03. The molecule has 0 spiro atoms. The van der Waals surface area contributed by atoms with Gasteiger partial charge in [-0.05, 0) is 24.3 Å². The van der Waals surface area contributed by atoms with E-state index in [2.05, 4.69) is 20.1 Å². The van der Waals surface area contributed by atoms with Gasteiger partial charge in [0.2, 0.25) is 0 Å². The summed E-state index contributed by atoms with van der Waals surface area (Å²) in [7, 11) is 1.65. The molecule has 1 aromatic carbocycles. The van der Waals surface area contributed by atoms with Crippen molar-refractivity contribution in [2.75, 3.05) is 64.4 Å². The molecule has 1 fully saturated rings. The largest absolute Gasteiger partial charge is 0.383 e. The van der Waals surface area contributed by atoms with Crippen LogP contribution in [-0.2, 0) is 4.74 Å². The van der Waals surface area contributed by atoms with Crippen LogP contribution in [0.5, 0.6) is 0 Å². The minimum Gasteiger partial charge on any atom is -0.383 e. The molecule has 7 heteroatoms. The van der Waals surface area contributed by atoms with Crippen molar-refractivity contribution >= 4 is 11.6 Å². The van der Waals surface area contributed by atoms with Gasteiger partial charge < -0.3 is 20.7 Å². The Kier molecular flexibility index (Phi) is 7.09. The van der Waals surface area contributed by atoms with Crippen LogP contribution in [0, 0.1) is 5.82 Å². The molecule has 0 amide bonds. The van der Waals surface area contributed by atoms with E-state index in [0.29, 0.717) is 25.7 Å². The Bertz CT molecular complexity index is 486. The maximum Gasteiger partial charge on any atom is 0.188 e. The summed E-state index contributed by atoms with van der Waals surface area (Å²) in [6.45, 7) is 6.69. The van der Waals surface area contributed by atoms with Gasteiger partial charge in [-0.3, -0.25) is 9.89 Å². The highest BCUT2D eigenvalue weighted by Gasteiger charge is 2.16. The number of aliphatic imine (C=N–C) groups is 1. The topological polar surface area (TPSA) is 66.1 Å². The monoisotopic (exact) mass is 323 g/mol. The van der Waals surface area contributed by atoms with Crippen molar-refractivity contribution in [2.45, 2.75) is 0 Å². The number of benzene rings is 1. The summed E-state index contributed by atoms with van der Waals surface area (Å²) in [5.74, 6) is 0.272. The van der Waals surface area contributed by atoms with E-state index < -0.39 is 0 Å². The van der Waals surface area contributed by atoms with E-state index in [9.17, 15) is 4.39 Å². The molecular weight excluding hydrogens is 297 g/mol. The van der Waals surface area contributed by atoms with Gasteiger partial charge in [0.15, 0.2) is 5.96 Å². The van der Waals surface area contributed by atoms with Gasteiger partial charge in [-0.15, -0.1) is 0 Å². The molecular formula is C16H26FN5O. The smallest absolute Gasteiger partial charge is 0.188 e. The maximum absolute atomic E-state index is 13.0. The Morgan fingerprint density at radius 2 is 1.96 bits per heavy atom. The summed E-state index contributed by atoms with van der Waals surface area (Å²) in [5.41, 5.74) is 6.85. The highest BCUT2D eigenvalue weighted by Crippen LogP contribution is 2.16. The number of nitrogens with two attached hydrogens (primary N) is 1. The van der Waals surface area contributed by atoms with E-state index in [0.717, 1.165) is 38.4 Å². The van der Waals surface area contributed by atoms with Crippen molar-refractivity contribution in [2.24, 2.45) is 10.7 Å². The highest BCUT2D eigenvalue weighted by molar-refractivity contribution is 5.77. The summed E-state index contributed by atoms with van der Waals surface area (Å²) in [4.78, 5) is 8.95. The molecule has 2 rings (SSSR count). The van der Waals surface area contributed by atoms with Gasteiger partial charge in [0.05, 0.1) is 13.2 Å². The summed E-state index contributed by atoms with van der Waals surface area (Å²) in [5, 5.41) is 3.00. The Balaban J connectivity index is 1.66. The molecule has 1 aliphatic heterocycles. The second-order valence-electron chi connectivity index (χ2n) is 5.49. The normalized spacial score (nSPS) is 16.6. The molecule has 1 heterocycles. The molecule has 1 saturated heterocycles. The number of hydrogen-bond donors (Lipinski definition) is 2. The lowest BCUT2D eigenvalue weighted by atomic mass is 10.2. The number of ether oxygens (including phenoxy) is 1. The first kappa shape index (κ1) is 17.5. The first-order chi connectivity index (χ1) is 11.2. The van der Waals surface area contributed by atoms with E-state index in [-0.39, 0.29) is 5.82 Å². The first-order valence-electron chi connectivity index (χ1n) is 7.94. The van der Waals surface area contributed by atoms with Gasteiger partial charge >= 0.3 is 0 Å². The van der Waals surface area contributed by atoms with Crippen LogP contribution in [0.3, 0.4) is 0 Å². The molecule has 23 heavy (non-hydrogen) atoms. The number of hydrogen-bond acceptors (Lipinski definition) is 4. The van der Waals surface area contributed by atoms with Gasteiger partial charge in [0, 0.05) is 52.1 Å². The van der Waals surface area contributed by atoms with Crippen molar-refractivity contribution in [3.8, 4) is 0 Å². The fourth-order valence-corrected chi connectivity index (χ4v) is 2.53. The molecule has 1 aliphatic rings. The van der Waals surface area contributed by atoms with Crippen LogP contribution in [0.2, 0.25) is 0 Å². The molecule has 0 aromatic heterocycles. The van der Waals surface area contributed by atoms with Gasteiger partial charge in [0.25, 0.3) is 0 Å². The molecule has 0 atom stereocenters. The number of halogens is 1. The molecule has 128 valence electrons. The van der Waals surface area contributed by atoms with Gasteiger partial charge in [-0.1, -0.05) is 0 Å². The van der Waals surface area contributed by atoms with E-state index >= 15 is 0 Å². The van der Waals surface area contributed by atoms with Gasteiger partial charge in [-0.2, -0.15) is 0 Å². The van der Waals surface area contributed by atoms with Crippen LogP contribution in [0.25, 0.3) is 0 Å². The van der Waals surface area contributed by atoms with Crippen molar-refractivity contribution in [1.29, 1.82) is 0 Å². The van der Waals surface area contributed by atoms with Crippen molar-refractivity contribution in [3.05, 3.63) is 30.1 Å². The minimum absolute atomic E-state index is 0.193. The average molecular weight is 323 g/mol. The van der Waals surface area contributed by atoms with E-state index in [4.69, 9.17) is 10.5 Å². The number of piperazine rings is 1. The number of nitrogens with zero attached hydrogens (tertiary/aromatic N) is 3. The fourth-order valence-electron chi connectivity index (χ4n) is 2.53. The predicted octanol–water partition coefficient (Wildman–Crippen LogP) is 0.498. The summed E-state index contributed by atoms with van der Waals surface area (Å²) < 4.78 is 17.9. The Hall–Kier alpha value is -1.86. The zero-order valence-corrected chi connectivity index (χ0v) is 13.7. The third-order valence-corrected chi connectivity index (χ3v) is 3.87. The van der Waals surface area contributed by atoms with Crippen LogP contribution >= 0.6 is 0 Å². The molecule has 0 unspecified atom stereocenters. The van der Waals surface area contributed by atoms with Gasteiger partial charge in [0.1, 0.15) is 5.82 Å². The van der Waals surface area contributed by atoms with Crippen molar-refractivity contribution < 1.29 is 9.13 Å². The van der Waals surface area contributed by atoms with Crippen LogP contribution < -0.4 is 16.0 Å². The number of methoxy groups -OCH3 is 1. The molecule has 0 saturated carbocycles. The second-order valence-corrected chi connectivity index (χ2v) is 5.49.